The Morgan fingerprint density at radius 3 is 2.58 bits per heavy atom. The number of amides is 1. The van der Waals surface area contributed by atoms with Gasteiger partial charge in [-0.3, -0.25) is 4.79 Å². The van der Waals surface area contributed by atoms with Crippen molar-refractivity contribution in [1.82, 2.24) is 4.90 Å². The molecule has 0 spiro atoms. The van der Waals surface area contributed by atoms with Crippen molar-refractivity contribution in [3.63, 3.8) is 0 Å². The fourth-order valence-corrected chi connectivity index (χ4v) is 0.931. The summed E-state index contributed by atoms with van der Waals surface area (Å²) in [6.07, 6.45) is -0.196. The molecule has 1 rings (SSSR count). The third-order valence-electron chi connectivity index (χ3n) is 1.51. The number of alkyl halides is 3. The second kappa shape index (κ2) is 3.16. The van der Waals surface area contributed by atoms with Crippen molar-refractivity contribution in [3.8, 4) is 0 Å². The number of hydrogen-bond acceptors (Lipinski definition) is 1. The van der Waals surface area contributed by atoms with E-state index in [2.05, 4.69) is 6.08 Å². The fourth-order valence-electron chi connectivity index (χ4n) is 0.931. The molecule has 1 aliphatic rings. The molecule has 0 aromatic heterocycles. The summed E-state index contributed by atoms with van der Waals surface area (Å²) in [7, 11) is 0. The Morgan fingerprint density at radius 1 is 1.50 bits per heavy atom. The molecule has 0 saturated carbocycles. The number of rotatable bonds is 0. The molecule has 0 atom stereocenters. The Kier molecular flexibility index (Phi) is 2.40. The lowest BCUT2D eigenvalue weighted by Crippen LogP contribution is -2.42. The number of halogens is 3. The van der Waals surface area contributed by atoms with Crippen molar-refractivity contribution in [2.75, 3.05) is 13.1 Å². The van der Waals surface area contributed by atoms with E-state index in [4.69, 9.17) is 0 Å². The van der Waals surface area contributed by atoms with Crippen LogP contribution < -0.4 is 0 Å². The highest BCUT2D eigenvalue weighted by Crippen LogP contribution is 2.19. The number of hydrogen-bond donors (Lipinski definition) is 0. The van der Waals surface area contributed by atoms with E-state index in [1.165, 1.54) is 6.08 Å². The van der Waals surface area contributed by atoms with Crippen LogP contribution in [0.5, 0.6) is 0 Å². The molecule has 0 aromatic rings. The van der Waals surface area contributed by atoms with Crippen LogP contribution in [0, 0.1) is 6.08 Å². The van der Waals surface area contributed by atoms with Crippen LogP contribution in [0.3, 0.4) is 0 Å². The quantitative estimate of drug-likeness (QED) is 0.544. The van der Waals surface area contributed by atoms with E-state index in [0.29, 0.717) is 6.42 Å². The summed E-state index contributed by atoms with van der Waals surface area (Å²) >= 11 is 0. The van der Waals surface area contributed by atoms with Gasteiger partial charge in [0.05, 0.1) is 0 Å². The molecular formula is C7H7F3NO. The van der Waals surface area contributed by atoms with E-state index < -0.39 is 12.1 Å². The first-order valence-corrected chi connectivity index (χ1v) is 3.43. The molecule has 1 aliphatic heterocycles. The molecule has 12 heavy (non-hydrogen) atoms. The highest BCUT2D eigenvalue weighted by atomic mass is 19.4. The van der Waals surface area contributed by atoms with E-state index in [1.807, 2.05) is 0 Å². The van der Waals surface area contributed by atoms with Crippen LogP contribution >= 0.6 is 0 Å². The predicted molar refractivity (Wildman–Crippen MR) is 35.1 cm³/mol. The third kappa shape index (κ3) is 1.99. The topological polar surface area (TPSA) is 20.3 Å². The molecule has 2 nitrogen and oxygen atoms in total. The van der Waals surface area contributed by atoms with E-state index in [-0.39, 0.29) is 13.1 Å². The lowest BCUT2D eigenvalue weighted by Gasteiger charge is -2.23. The summed E-state index contributed by atoms with van der Waals surface area (Å²) in [6, 6.07) is 0. The summed E-state index contributed by atoms with van der Waals surface area (Å²) in [5, 5.41) is 0. The zero-order valence-electron chi connectivity index (χ0n) is 6.19. The zero-order chi connectivity index (χ0) is 9.19. The molecule has 0 bridgehead atoms. The Balaban J connectivity index is 2.59. The smallest absolute Gasteiger partial charge is 0.331 e. The Labute approximate surface area is 67.7 Å². The lowest BCUT2D eigenvalue weighted by atomic mass is 10.2. The van der Waals surface area contributed by atoms with Gasteiger partial charge in [-0.1, -0.05) is 6.08 Å². The molecule has 0 unspecified atom stereocenters. The van der Waals surface area contributed by atoms with E-state index in [1.54, 1.807) is 0 Å². The first-order valence-electron chi connectivity index (χ1n) is 3.43. The molecule has 67 valence electrons. The number of nitrogens with zero attached hydrogens (tertiary/aromatic N) is 1. The molecule has 0 aliphatic carbocycles. The van der Waals surface area contributed by atoms with Crippen molar-refractivity contribution in [2.24, 2.45) is 0 Å². The average molecular weight is 178 g/mol. The average Bonchev–Trinajstić information content (AvgIpc) is 2.03. The van der Waals surface area contributed by atoms with E-state index in [9.17, 15) is 18.0 Å². The molecular weight excluding hydrogens is 171 g/mol. The largest absolute Gasteiger partial charge is 0.471 e. The standard InChI is InChI=1S/C7H7F3NO/c8-7(9,10)6(12)11-4-2-1-3-5-11/h2H,3-5H2. The fraction of sp³-hybridized carbons (Fsp3) is 0.571. The third-order valence-corrected chi connectivity index (χ3v) is 1.51. The SMILES string of the molecule is O=C(N1CC=[C]CC1)C(F)(F)F. The van der Waals surface area contributed by atoms with Crippen LogP contribution in [0.2, 0.25) is 0 Å². The first-order chi connectivity index (χ1) is 5.52. The first kappa shape index (κ1) is 9.09. The Hall–Kier alpha value is -1.00. The zero-order valence-corrected chi connectivity index (χ0v) is 6.19. The summed E-state index contributed by atoms with van der Waals surface area (Å²) in [5.74, 6) is -1.76. The highest BCUT2D eigenvalue weighted by molar-refractivity contribution is 5.82. The van der Waals surface area contributed by atoms with Crippen LogP contribution in [-0.4, -0.2) is 30.1 Å². The molecule has 1 heterocycles. The van der Waals surface area contributed by atoms with Gasteiger partial charge in [0.15, 0.2) is 0 Å². The van der Waals surface area contributed by atoms with Crippen LogP contribution in [0.4, 0.5) is 13.2 Å². The monoisotopic (exact) mass is 178 g/mol. The number of carbonyl (C=O) groups is 1. The van der Waals surface area contributed by atoms with Gasteiger partial charge in [0.2, 0.25) is 0 Å². The highest BCUT2D eigenvalue weighted by Gasteiger charge is 2.42. The molecule has 0 fully saturated rings. The Morgan fingerprint density at radius 2 is 2.17 bits per heavy atom. The van der Waals surface area contributed by atoms with Gasteiger partial charge < -0.3 is 4.90 Å². The van der Waals surface area contributed by atoms with Crippen molar-refractivity contribution in [2.45, 2.75) is 12.6 Å². The van der Waals surface area contributed by atoms with Gasteiger partial charge in [-0.25, -0.2) is 0 Å². The van der Waals surface area contributed by atoms with Crippen molar-refractivity contribution in [1.29, 1.82) is 0 Å². The van der Waals surface area contributed by atoms with Gasteiger partial charge in [0.1, 0.15) is 0 Å². The van der Waals surface area contributed by atoms with Gasteiger partial charge >= 0.3 is 12.1 Å². The van der Waals surface area contributed by atoms with Crippen molar-refractivity contribution < 1.29 is 18.0 Å². The molecule has 1 radical (unpaired) electrons. The van der Waals surface area contributed by atoms with Crippen LogP contribution in [-0.2, 0) is 4.79 Å². The minimum absolute atomic E-state index is 0.0122. The van der Waals surface area contributed by atoms with Gasteiger partial charge in [0, 0.05) is 13.1 Å². The summed E-state index contributed by atoms with van der Waals surface area (Å²) in [4.78, 5) is 11.3. The van der Waals surface area contributed by atoms with Crippen LogP contribution in [0.25, 0.3) is 0 Å². The van der Waals surface area contributed by atoms with Crippen LogP contribution in [0.15, 0.2) is 6.08 Å². The van der Waals surface area contributed by atoms with Crippen LogP contribution in [0.1, 0.15) is 6.42 Å². The maximum atomic E-state index is 11.8. The maximum absolute atomic E-state index is 11.8. The molecule has 5 heteroatoms. The van der Waals surface area contributed by atoms with E-state index in [0.717, 1.165) is 4.90 Å². The molecule has 0 saturated heterocycles. The Bertz CT molecular complexity index is 209. The van der Waals surface area contributed by atoms with Gasteiger partial charge in [0.25, 0.3) is 0 Å². The van der Waals surface area contributed by atoms with Crippen molar-refractivity contribution >= 4 is 5.91 Å². The predicted octanol–water partition coefficient (Wildman–Crippen LogP) is 1.14. The van der Waals surface area contributed by atoms with E-state index >= 15 is 0 Å². The second-order valence-corrected chi connectivity index (χ2v) is 2.41. The maximum Gasteiger partial charge on any atom is 0.471 e. The second-order valence-electron chi connectivity index (χ2n) is 2.41. The van der Waals surface area contributed by atoms with Gasteiger partial charge in [-0.05, 0) is 12.5 Å². The van der Waals surface area contributed by atoms with Gasteiger partial charge in [-0.15, -0.1) is 0 Å². The number of carbonyl (C=O) groups excluding carboxylic acids is 1. The summed E-state index contributed by atoms with van der Waals surface area (Å²) in [5.41, 5.74) is 0. The minimum Gasteiger partial charge on any atom is -0.331 e. The molecule has 0 aromatic carbocycles. The molecule has 1 amide bonds. The van der Waals surface area contributed by atoms with Gasteiger partial charge in [-0.2, -0.15) is 13.2 Å². The molecule has 0 N–H and O–H groups in total. The lowest BCUT2D eigenvalue weighted by molar-refractivity contribution is -0.185. The van der Waals surface area contributed by atoms with Crippen molar-refractivity contribution in [3.05, 3.63) is 12.2 Å². The minimum atomic E-state index is -4.74. The summed E-state index contributed by atoms with van der Waals surface area (Å²) in [6.45, 7) is 0.118. The normalized spacial score (nSPS) is 18.1. The summed E-state index contributed by atoms with van der Waals surface area (Å²) < 4.78 is 35.4.